The summed E-state index contributed by atoms with van der Waals surface area (Å²) in [5.74, 6) is 1.47. The molecular formula is C17H26N2O4. The van der Waals surface area contributed by atoms with Gasteiger partial charge in [-0.2, -0.15) is 0 Å². The molecule has 1 atom stereocenters. The number of aryl methyl sites for hydroxylation is 1. The van der Waals surface area contributed by atoms with Gasteiger partial charge in [-0.15, -0.1) is 0 Å². The van der Waals surface area contributed by atoms with Crippen molar-refractivity contribution in [2.75, 3.05) is 13.6 Å². The SMILES string of the molecule is Cc1ccc(CN(C)C(=O)C2CCCN2C(=O)OC(C)(C)C)o1. The van der Waals surface area contributed by atoms with Crippen LogP contribution in [-0.2, 0) is 16.1 Å². The third kappa shape index (κ3) is 4.50. The zero-order valence-corrected chi connectivity index (χ0v) is 14.6. The molecular weight excluding hydrogens is 296 g/mol. The minimum atomic E-state index is -0.565. The van der Waals surface area contributed by atoms with Gasteiger partial charge < -0.3 is 14.1 Å². The van der Waals surface area contributed by atoms with Crippen molar-refractivity contribution in [3.8, 4) is 0 Å². The molecule has 2 rings (SSSR count). The maximum atomic E-state index is 12.7. The maximum Gasteiger partial charge on any atom is 0.410 e. The first-order valence-electron chi connectivity index (χ1n) is 7.97. The maximum absolute atomic E-state index is 12.7. The minimum Gasteiger partial charge on any atom is -0.464 e. The molecule has 0 bridgehead atoms. The quantitative estimate of drug-likeness (QED) is 0.858. The standard InChI is InChI=1S/C17H26N2O4/c1-12-8-9-13(22-12)11-18(5)15(20)14-7-6-10-19(14)16(21)23-17(2,3)4/h8-9,14H,6-7,10-11H2,1-5H3. The van der Waals surface area contributed by atoms with Crippen LogP contribution in [0.5, 0.6) is 0 Å². The Kier molecular flexibility index (Phi) is 5.02. The smallest absolute Gasteiger partial charge is 0.410 e. The second-order valence-corrected chi connectivity index (χ2v) is 7.04. The number of hydrogen-bond acceptors (Lipinski definition) is 4. The molecule has 0 saturated carbocycles. The number of likely N-dealkylation sites (tertiary alicyclic amines) is 1. The number of amides is 2. The van der Waals surface area contributed by atoms with E-state index >= 15 is 0 Å². The van der Waals surface area contributed by atoms with Crippen molar-refractivity contribution in [1.82, 2.24) is 9.80 Å². The van der Waals surface area contributed by atoms with E-state index in [1.807, 2.05) is 39.8 Å². The van der Waals surface area contributed by atoms with Gasteiger partial charge in [-0.05, 0) is 52.7 Å². The molecule has 1 aliphatic heterocycles. The van der Waals surface area contributed by atoms with Crippen LogP contribution in [0.3, 0.4) is 0 Å². The first-order valence-corrected chi connectivity index (χ1v) is 7.97. The molecule has 2 amide bonds. The van der Waals surface area contributed by atoms with Crippen LogP contribution in [0.1, 0.15) is 45.1 Å². The summed E-state index contributed by atoms with van der Waals surface area (Å²) in [6.45, 7) is 8.28. The molecule has 0 N–H and O–H groups in total. The van der Waals surface area contributed by atoms with E-state index in [0.717, 1.165) is 17.9 Å². The number of likely N-dealkylation sites (N-methyl/N-ethyl adjacent to an activating group) is 1. The van der Waals surface area contributed by atoms with Gasteiger partial charge in [-0.3, -0.25) is 9.69 Å². The topological polar surface area (TPSA) is 63.0 Å². The molecule has 6 heteroatoms. The van der Waals surface area contributed by atoms with Crippen LogP contribution in [-0.4, -0.2) is 47.0 Å². The number of carbonyl (C=O) groups excluding carboxylic acids is 2. The van der Waals surface area contributed by atoms with Gasteiger partial charge in [0.15, 0.2) is 0 Å². The van der Waals surface area contributed by atoms with Crippen molar-refractivity contribution in [3.05, 3.63) is 23.7 Å². The van der Waals surface area contributed by atoms with Gasteiger partial charge in [0.2, 0.25) is 5.91 Å². The van der Waals surface area contributed by atoms with E-state index in [2.05, 4.69) is 0 Å². The number of rotatable bonds is 3. The second kappa shape index (κ2) is 6.64. The van der Waals surface area contributed by atoms with Gasteiger partial charge in [0.05, 0.1) is 6.54 Å². The van der Waals surface area contributed by atoms with Crippen LogP contribution in [0.4, 0.5) is 4.79 Å². The third-order valence-corrected chi connectivity index (χ3v) is 3.73. The highest BCUT2D eigenvalue weighted by Gasteiger charge is 2.37. The van der Waals surface area contributed by atoms with E-state index in [-0.39, 0.29) is 5.91 Å². The molecule has 0 aromatic carbocycles. The van der Waals surface area contributed by atoms with E-state index in [9.17, 15) is 9.59 Å². The van der Waals surface area contributed by atoms with Crippen LogP contribution in [0.15, 0.2) is 16.5 Å². The lowest BCUT2D eigenvalue weighted by Gasteiger charge is -2.30. The number of hydrogen-bond donors (Lipinski definition) is 0. The molecule has 0 radical (unpaired) electrons. The van der Waals surface area contributed by atoms with Crippen molar-refractivity contribution in [1.29, 1.82) is 0 Å². The number of ether oxygens (including phenoxy) is 1. The fraction of sp³-hybridized carbons (Fsp3) is 0.647. The van der Waals surface area contributed by atoms with E-state index in [1.54, 1.807) is 11.9 Å². The van der Waals surface area contributed by atoms with E-state index < -0.39 is 17.7 Å². The van der Waals surface area contributed by atoms with Crippen molar-refractivity contribution >= 4 is 12.0 Å². The monoisotopic (exact) mass is 322 g/mol. The minimum absolute atomic E-state index is 0.0811. The van der Waals surface area contributed by atoms with Gasteiger partial charge in [0, 0.05) is 13.6 Å². The Balaban J connectivity index is 2.00. The number of carbonyl (C=O) groups is 2. The van der Waals surface area contributed by atoms with Crippen molar-refractivity contribution < 1.29 is 18.7 Å². The average Bonchev–Trinajstić information content (AvgIpc) is 3.04. The zero-order chi connectivity index (χ0) is 17.2. The Morgan fingerprint density at radius 1 is 1.39 bits per heavy atom. The van der Waals surface area contributed by atoms with Gasteiger partial charge >= 0.3 is 6.09 Å². The number of nitrogens with zero attached hydrogens (tertiary/aromatic N) is 2. The van der Waals surface area contributed by atoms with Crippen molar-refractivity contribution in [2.45, 2.75) is 58.7 Å². The van der Waals surface area contributed by atoms with Crippen molar-refractivity contribution in [2.24, 2.45) is 0 Å². The third-order valence-electron chi connectivity index (χ3n) is 3.73. The first kappa shape index (κ1) is 17.4. The van der Waals surface area contributed by atoms with Crippen molar-refractivity contribution in [3.63, 3.8) is 0 Å². The van der Waals surface area contributed by atoms with Gasteiger partial charge in [-0.25, -0.2) is 4.79 Å². The predicted octanol–water partition coefficient (Wildman–Crippen LogP) is 2.95. The molecule has 1 unspecified atom stereocenters. The zero-order valence-electron chi connectivity index (χ0n) is 14.6. The molecule has 23 heavy (non-hydrogen) atoms. The molecule has 1 aromatic rings. The molecule has 1 fully saturated rings. The fourth-order valence-electron chi connectivity index (χ4n) is 2.70. The van der Waals surface area contributed by atoms with E-state index in [0.29, 0.717) is 19.5 Å². The van der Waals surface area contributed by atoms with Crippen LogP contribution in [0.25, 0.3) is 0 Å². The summed E-state index contributed by atoms with van der Waals surface area (Å²) < 4.78 is 10.9. The number of furan rings is 1. The summed E-state index contributed by atoms with van der Waals surface area (Å²) in [7, 11) is 1.73. The van der Waals surface area contributed by atoms with Gasteiger partial charge in [-0.1, -0.05) is 0 Å². The first-order chi connectivity index (χ1) is 10.7. The highest BCUT2D eigenvalue weighted by Crippen LogP contribution is 2.23. The lowest BCUT2D eigenvalue weighted by Crippen LogP contribution is -2.47. The summed E-state index contributed by atoms with van der Waals surface area (Å²) in [5.41, 5.74) is -0.565. The second-order valence-electron chi connectivity index (χ2n) is 7.04. The lowest BCUT2D eigenvalue weighted by molar-refractivity contribution is -0.135. The normalized spacial score (nSPS) is 18.1. The molecule has 128 valence electrons. The molecule has 1 aromatic heterocycles. The average molecular weight is 322 g/mol. The molecule has 6 nitrogen and oxygen atoms in total. The van der Waals surface area contributed by atoms with Gasteiger partial charge in [0.1, 0.15) is 23.2 Å². The van der Waals surface area contributed by atoms with E-state index in [1.165, 1.54) is 4.90 Å². The Labute approximate surface area is 137 Å². The van der Waals surface area contributed by atoms with Crippen LogP contribution < -0.4 is 0 Å². The summed E-state index contributed by atoms with van der Waals surface area (Å²) in [5, 5.41) is 0. The molecule has 2 heterocycles. The molecule has 1 saturated heterocycles. The Hall–Kier alpha value is -1.98. The van der Waals surface area contributed by atoms with Gasteiger partial charge in [0.25, 0.3) is 0 Å². The summed E-state index contributed by atoms with van der Waals surface area (Å²) in [6.07, 6.45) is 1.05. The summed E-state index contributed by atoms with van der Waals surface area (Å²) >= 11 is 0. The summed E-state index contributed by atoms with van der Waals surface area (Å²) in [4.78, 5) is 28.1. The largest absolute Gasteiger partial charge is 0.464 e. The van der Waals surface area contributed by atoms with E-state index in [4.69, 9.17) is 9.15 Å². The Morgan fingerprint density at radius 2 is 2.09 bits per heavy atom. The molecule has 1 aliphatic rings. The highest BCUT2D eigenvalue weighted by molar-refractivity contribution is 5.86. The Morgan fingerprint density at radius 3 is 2.65 bits per heavy atom. The predicted molar refractivity (Wildman–Crippen MR) is 85.9 cm³/mol. The fourth-order valence-corrected chi connectivity index (χ4v) is 2.70. The summed E-state index contributed by atoms with van der Waals surface area (Å²) in [6, 6.07) is 3.28. The van der Waals surface area contributed by atoms with Crippen LogP contribution in [0.2, 0.25) is 0 Å². The van der Waals surface area contributed by atoms with Crippen LogP contribution >= 0.6 is 0 Å². The molecule has 0 spiro atoms. The Bertz CT molecular complexity index is 573. The highest BCUT2D eigenvalue weighted by atomic mass is 16.6. The molecule has 0 aliphatic carbocycles. The lowest BCUT2D eigenvalue weighted by atomic mass is 10.2. The van der Waals surface area contributed by atoms with Crippen LogP contribution in [0, 0.1) is 6.92 Å².